The third kappa shape index (κ3) is 3.60. The summed E-state index contributed by atoms with van der Waals surface area (Å²) in [6, 6.07) is 6.39. The number of aryl methyl sites for hydroxylation is 1. The zero-order valence-corrected chi connectivity index (χ0v) is 18.0. The Morgan fingerprint density at radius 2 is 2.03 bits per heavy atom. The molecule has 2 N–H and O–H groups in total. The van der Waals surface area contributed by atoms with E-state index in [2.05, 4.69) is 36.6 Å². The molecular formula is C22H26N8O. The number of hydrogen-bond acceptors (Lipinski definition) is 6. The van der Waals surface area contributed by atoms with Crippen molar-refractivity contribution in [3.05, 3.63) is 30.6 Å². The quantitative estimate of drug-likeness (QED) is 0.528. The van der Waals surface area contributed by atoms with E-state index in [-0.39, 0.29) is 17.9 Å². The molecule has 3 heterocycles. The van der Waals surface area contributed by atoms with Crippen LogP contribution in [-0.4, -0.2) is 60.9 Å². The molecule has 0 saturated heterocycles. The zero-order valence-electron chi connectivity index (χ0n) is 18.0. The number of fused-ring (bicyclic) bond motifs is 2. The fourth-order valence-corrected chi connectivity index (χ4v) is 4.45. The number of carbonyl (C=O) groups is 1. The highest BCUT2D eigenvalue weighted by atomic mass is 16.2. The van der Waals surface area contributed by atoms with Crippen LogP contribution in [0.15, 0.2) is 30.6 Å². The number of nitrogens with zero attached hydrogens (tertiary/aromatic N) is 6. The van der Waals surface area contributed by atoms with Crippen LogP contribution in [0.3, 0.4) is 0 Å². The van der Waals surface area contributed by atoms with Crippen LogP contribution in [0.4, 0.5) is 5.95 Å². The van der Waals surface area contributed by atoms with Gasteiger partial charge in [-0.25, -0.2) is 9.67 Å². The number of aromatic amines is 1. The lowest BCUT2D eigenvalue weighted by atomic mass is 9.85. The average Bonchev–Trinajstić information content (AvgIpc) is 3.36. The number of aromatic nitrogens is 6. The molecule has 1 amide bonds. The van der Waals surface area contributed by atoms with Crippen LogP contribution in [0.2, 0.25) is 0 Å². The van der Waals surface area contributed by atoms with Crippen LogP contribution in [-0.2, 0) is 11.8 Å². The van der Waals surface area contributed by atoms with Crippen molar-refractivity contribution in [2.24, 2.45) is 13.0 Å². The molecule has 0 unspecified atom stereocenters. The van der Waals surface area contributed by atoms with Crippen molar-refractivity contribution in [1.82, 2.24) is 34.8 Å². The number of amides is 1. The molecule has 31 heavy (non-hydrogen) atoms. The number of anilines is 1. The fourth-order valence-electron chi connectivity index (χ4n) is 4.45. The third-order valence-electron chi connectivity index (χ3n) is 6.20. The summed E-state index contributed by atoms with van der Waals surface area (Å²) < 4.78 is 1.77. The highest BCUT2D eigenvalue weighted by Gasteiger charge is 2.27. The van der Waals surface area contributed by atoms with E-state index in [4.69, 9.17) is 0 Å². The first kappa shape index (κ1) is 19.5. The molecule has 0 spiro atoms. The van der Waals surface area contributed by atoms with Crippen LogP contribution in [0.1, 0.15) is 25.7 Å². The average molecular weight is 419 g/mol. The Kier molecular flexibility index (Phi) is 4.80. The van der Waals surface area contributed by atoms with Gasteiger partial charge in [-0.1, -0.05) is 11.3 Å². The lowest BCUT2D eigenvalue weighted by molar-refractivity contribution is -0.133. The van der Waals surface area contributed by atoms with Crippen molar-refractivity contribution in [3.63, 3.8) is 0 Å². The van der Waals surface area contributed by atoms with Crippen LogP contribution < -0.4 is 5.32 Å². The molecule has 9 heteroatoms. The van der Waals surface area contributed by atoms with E-state index in [1.165, 1.54) is 0 Å². The molecule has 0 radical (unpaired) electrons. The van der Waals surface area contributed by atoms with Crippen molar-refractivity contribution in [2.45, 2.75) is 31.7 Å². The van der Waals surface area contributed by atoms with Gasteiger partial charge in [0.05, 0.1) is 5.52 Å². The molecular weight excluding hydrogens is 392 g/mol. The third-order valence-corrected chi connectivity index (χ3v) is 6.20. The molecule has 4 aromatic rings. The Bertz CT molecular complexity index is 1250. The van der Waals surface area contributed by atoms with Gasteiger partial charge in [-0.3, -0.25) is 4.79 Å². The minimum atomic E-state index is 0.134. The Morgan fingerprint density at radius 3 is 2.81 bits per heavy atom. The molecule has 5 rings (SSSR count). The first-order valence-electron chi connectivity index (χ1n) is 10.6. The summed E-state index contributed by atoms with van der Waals surface area (Å²) in [4.78, 5) is 26.4. The largest absolute Gasteiger partial charge is 0.351 e. The molecule has 1 saturated carbocycles. The highest BCUT2D eigenvalue weighted by Crippen LogP contribution is 2.31. The first-order chi connectivity index (χ1) is 15.0. The van der Waals surface area contributed by atoms with E-state index in [0.29, 0.717) is 5.95 Å². The first-order valence-corrected chi connectivity index (χ1v) is 10.6. The molecule has 9 nitrogen and oxygen atoms in total. The maximum atomic E-state index is 12.2. The van der Waals surface area contributed by atoms with E-state index in [0.717, 1.165) is 58.9 Å². The minimum Gasteiger partial charge on any atom is -0.351 e. The molecule has 160 valence electrons. The SMILES string of the molecule is CN(C)C(=O)[C@H]1CC[C@@H](Nc2ncc3c(-c4ccc5nnn(C)c5c4)c[nH]c3n2)CC1. The summed E-state index contributed by atoms with van der Waals surface area (Å²) in [5.74, 6) is 0.985. The van der Waals surface area contributed by atoms with Gasteiger partial charge in [-0.05, 0) is 43.4 Å². The Labute approximate surface area is 179 Å². The Balaban J connectivity index is 1.33. The highest BCUT2D eigenvalue weighted by molar-refractivity contribution is 5.95. The van der Waals surface area contributed by atoms with Gasteiger partial charge in [0.15, 0.2) is 0 Å². The predicted molar refractivity (Wildman–Crippen MR) is 119 cm³/mol. The number of rotatable bonds is 4. The minimum absolute atomic E-state index is 0.134. The topological polar surface area (TPSA) is 105 Å². The van der Waals surface area contributed by atoms with Gasteiger partial charge >= 0.3 is 0 Å². The van der Waals surface area contributed by atoms with Gasteiger partial charge in [-0.15, -0.1) is 5.10 Å². The number of H-pyrrole nitrogens is 1. The van der Waals surface area contributed by atoms with Crippen molar-refractivity contribution < 1.29 is 4.79 Å². The van der Waals surface area contributed by atoms with Crippen LogP contribution >= 0.6 is 0 Å². The monoisotopic (exact) mass is 418 g/mol. The number of hydrogen-bond donors (Lipinski definition) is 2. The Morgan fingerprint density at radius 1 is 1.23 bits per heavy atom. The Hall–Kier alpha value is -3.49. The summed E-state index contributed by atoms with van der Waals surface area (Å²) in [7, 11) is 5.54. The summed E-state index contributed by atoms with van der Waals surface area (Å²) in [6.07, 6.45) is 7.51. The molecule has 1 fully saturated rings. The number of carbonyl (C=O) groups excluding carboxylic acids is 1. The molecule has 1 aromatic carbocycles. The molecule has 0 aliphatic heterocycles. The molecule has 3 aromatic heterocycles. The van der Waals surface area contributed by atoms with E-state index in [9.17, 15) is 4.79 Å². The second kappa shape index (κ2) is 7.64. The van der Waals surface area contributed by atoms with E-state index in [1.807, 2.05) is 45.7 Å². The standard InChI is InChI=1S/C22H26N8O/c1-29(2)21(31)13-4-7-15(8-5-13)25-22-24-12-17-16(11-23-20(17)26-22)14-6-9-18-19(10-14)30(3)28-27-18/h6,9-13,15H,4-5,7-8H2,1-3H3,(H2,23,24,25,26)/t13-,15+. The maximum absolute atomic E-state index is 12.2. The molecule has 0 bridgehead atoms. The smallest absolute Gasteiger partial charge is 0.225 e. The van der Waals surface area contributed by atoms with Gasteiger partial charge in [-0.2, -0.15) is 4.98 Å². The molecule has 0 atom stereocenters. The summed E-state index contributed by atoms with van der Waals surface area (Å²) in [6.45, 7) is 0. The van der Waals surface area contributed by atoms with Crippen molar-refractivity contribution in [3.8, 4) is 11.1 Å². The molecule has 1 aliphatic rings. The number of benzene rings is 1. The lowest BCUT2D eigenvalue weighted by Gasteiger charge is -2.29. The second-order valence-electron chi connectivity index (χ2n) is 8.50. The van der Waals surface area contributed by atoms with E-state index in [1.54, 1.807) is 9.58 Å². The van der Waals surface area contributed by atoms with Gasteiger partial charge in [0, 0.05) is 56.4 Å². The zero-order chi connectivity index (χ0) is 21.5. The lowest BCUT2D eigenvalue weighted by Crippen LogP contribution is -2.35. The summed E-state index contributed by atoms with van der Waals surface area (Å²) in [5.41, 5.74) is 4.77. The van der Waals surface area contributed by atoms with Gasteiger partial charge in [0.25, 0.3) is 0 Å². The van der Waals surface area contributed by atoms with Crippen molar-refractivity contribution >= 4 is 33.9 Å². The van der Waals surface area contributed by atoms with Crippen LogP contribution in [0, 0.1) is 5.92 Å². The maximum Gasteiger partial charge on any atom is 0.225 e. The normalized spacial score (nSPS) is 19.1. The van der Waals surface area contributed by atoms with Crippen molar-refractivity contribution in [1.29, 1.82) is 0 Å². The summed E-state index contributed by atoms with van der Waals surface area (Å²) >= 11 is 0. The van der Waals surface area contributed by atoms with Gasteiger partial charge < -0.3 is 15.2 Å². The van der Waals surface area contributed by atoms with Crippen LogP contribution in [0.25, 0.3) is 33.2 Å². The van der Waals surface area contributed by atoms with Gasteiger partial charge in [0.1, 0.15) is 11.2 Å². The second-order valence-corrected chi connectivity index (χ2v) is 8.50. The van der Waals surface area contributed by atoms with Gasteiger partial charge in [0.2, 0.25) is 11.9 Å². The van der Waals surface area contributed by atoms with Crippen LogP contribution in [0.5, 0.6) is 0 Å². The van der Waals surface area contributed by atoms with E-state index >= 15 is 0 Å². The van der Waals surface area contributed by atoms with E-state index < -0.39 is 0 Å². The summed E-state index contributed by atoms with van der Waals surface area (Å²) in [5, 5.41) is 12.6. The fraction of sp³-hybridized carbons (Fsp3) is 0.409. The number of nitrogens with one attached hydrogen (secondary N) is 2. The predicted octanol–water partition coefficient (Wildman–Crippen LogP) is 2.97. The molecule has 1 aliphatic carbocycles. The van der Waals surface area contributed by atoms with Crippen molar-refractivity contribution in [2.75, 3.05) is 19.4 Å².